The Morgan fingerprint density at radius 3 is 2.52 bits per heavy atom. The molecular formula is C15H22N4O2. The van der Waals surface area contributed by atoms with Crippen LogP contribution in [0, 0.1) is 25.2 Å². The van der Waals surface area contributed by atoms with E-state index in [0.29, 0.717) is 31.1 Å². The molecule has 1 aliphatic heterocycles. The molecule has 0 bridgehead atoms. The van der Waals surface area contributed by atoms with Gasteiger partial charge in [0.05, 0.1) is 12.2 Å². The Morgan fingerprint density at radius 1 is 1.43 bits per heavy atom. The van der Waals surface area contributed by atoms with Gasteiger partial charge in [-0.1, -0.05) is 0 Å². The molecule has 0 aromatic carbocycles. The number of nitrogen functional groups attached to an aromatic ring is 1. The molecule has 1 amide bonds. The number of aromatic nitrogens is 1. The van der Waals surface area contributed by atoms with Crippen LogP contribution in [0.15, 0.2) is 0 Å². The second-order valence-corrected chi connectivity index (χ2v) is 5.37. The van der Waals surface area contributed by atoms with Crippen molar-refractivity contribution in [1.29, 1.82) is 5.26 Å². The maximum absolute atomic E-state index is 11.7. The number of likely N-dealkylation sites (tertiary alicyclic amines) is 1. The van der Waals surface area contributed by atoms with Crippen molar-refractivity contribution in [1.82, 2.24) is 9.47 Å². The SMILES string of the molecule is CCOC(=O)N1CCC(n2c(C)c(C)c(C#N)c2N)CC1. The van der Waals surface area contributed by atoms with E-state index in [9.17, 15) is 10.1 Å². The van der Waals surface area contributed by atoms with Crippen molar-refractivity contribution in [2.75, 3.05) is 25.4 Å². The fourth-order valence-corrected chi connectivity index (χ4v) is 2.99. The lowest BCUT2D eigenvalue weighted by atomic mass is 10.0. The molecule has 2 heterocycles. The Morgan fingerprint density at radius 2 is 2.05 bits per heavy atom. The van der Waals surface area contributed by atoms with E-state index in [1.165, 1.54) is 0 Å². The molecule has 0 unspecified atom stereocenters. The van der Waals surface area contributed by atoms with Crippen LogP contribution in [0.25, 0.3) is 0 Å². The van der Waals surface area contributed by atoms with Crippen LogP contribution in [0.1, 0.15) is 42.6 Å². The number of carbonyl (C=O) groups is 1. The quantitative estimate of drug-likeness (QED) is 0.906. The molecule has 1 aromatic rings. The van der Waals surface area contributed by atoms with Crippen LogP contribution < -0.4 is 5.73 Å². The predicted molar refractivity (Wildman–Crippen MR) is 79.9 cm³/mol. The number of hydrogen-bond donors (Lipinski definition) is 1. The average molecular weight is 290 g/mol. The second kappa shape index (κ2) is 6.08. The first kappa shape index (κ1) is 15.2. The predicted octanol–water partition coefficient (Wildman–Crippen LogP) is 2.35. The van der Waals surface area contributed by atoms with Crippen LogP contribution in [-0.4, -0.2) is 35.3 Å². The van der Waals surface area contributed by atoms with Gasteiger partial charge in [-0.3, -0.25) is 0 Å². The fourth-order valence-electron chi connectivity index (χ4n) is 2.99. The molecule has 0 aliphatic carbocycles. The summed E-state index contributed by atoms with van der Waals surface area (Å²) >= 11 is 0. The first-order chi connectivity index (χ1) is 10.0. The van der Waals surface area contributed by atoms with Gasteiger partial charge < -0.3 is 19.9 Å². The average Bonchev–Trinajstić information content (AvgIpc) is 2.69. The van der Waals surface area contributed by atoms with Crippen molar-refractivity contribution in [3.05, 3.63) is 16.8 Å². The highest BCUT2D eigenvalue weighted by molar-refractivity contribution is 5.67. The molecule has 0 atom stereocenters. The van der Waals surface area contributed by atoms with Gasteiger partial charge in [-0.2, -0.15) is 5.26 Å². The van der Waals surface area contributed by atoms with Crippen molar-refractivity contribution in [3.8, 4) is 6.07 Å². The Labute approximate surface area is 125 Å². The molecule has 1 saturated heterocycles. The summed E-state index contributed by atoms with van der Waals surface area (Å²) in [4.78, 5) is 13.4. The molecule has 0 saturated carbocycles. The molecular weight excluding hydrogens is 268 g/mol. The Balaban J connectivity index is 2.13. The molecule has 1 aromatic heterocycles. The number of carbonyl (C=O) groups excluding carboxylic acids is 1. The van der Waals surface area contributed by atoms with E-state index in [1.54, 1.807) is 11.8 Å². The maximum Gasteiger partial charge on any atom is 0.409 e. The van der Waals surface area contributed by atoms with Gasteiger partial charge in [0.15, 0.2) is 0 Å². The first-order valence-corrected chi connectivity index (χ1v) is 7.29. The second-order valence-electron chi connectivity index (χ2n) is 5.37. The monoisotopic (exact) mass is 290 g/mol. The van der Waals surface area contributed by atoms with E-state index >= 15 is 0 Å². The summed E-state index contributed by atoms with van der Waals surface area (Å²) in [5.74, 6) is 0.544. The van der Waals surface area contributed by atoms with Crippen LogP contribution in [0.5, 0.6) is 0 Å². The van der Waals surface area contributed by atoms with Gasteiger partial charge >= 0.3 is 6.09 Å². The summed E-state index contributed by atoms with van der Waals surface area (Å²) < 4.78 is 7.07. The number of nitrogens with zero attached hydrogens (tertiary/aromatic N) is 3. The number of amides is 1. The molecule has 6 nitrogen and oxygen atoms in total. The van der Waals surface area contributed by atoms with Gasteiger partial charge in [-0.25, -0.2) is 4.79 Å². The van der Waals surface area contributed by atoms with Crippen LogP contribution >= 0.6 is 0 Å². The van der Waals surface area contributed by atoms with Crippen LogP contribution in [0.2, 0.25) is 0 Å². The van der Waals surface area contributed by atoms with Gasteiger partial charge in [-0.05, 0) is 39.2 Å². The number of nitrogens with two attached hydrogens (primary N) is 1. The maximum atomic E-state index is 11.7. The number of piperidine rings is 1. The standard InChI is InChI=1S/C15H22N4O2/c1-4-21-15(20)18-7-5-12(6-8-18)19-11(3)10(2)13(9-16)14(19)17/h12H,4-8,17H2,1-3H3. The van der Waals surface area contributed by atoms with Crippen LogP contribution in [0.4, 0.5) is 10.6 Å². The summed E-state index contributed by atoms with van der Waals surface area (Å²) in [7, 11) is 0. The summed E-state index contributed by atoms with van der Waals surface area (Å²) in [6.45, 7) is 7.43. The van der Waals surface area contributed by atoms with E-state index in [1.807, 2.05) is 13.8 Å². The van der Waals surface area contributed by atoms with Crippen LogP contribution in [-0.2, 0) is 4.74 Å². The molecule has 21 heavy (non-hydrogen) atoms. The van der Waals surface area contributed by atoms with E-state index < -0.39 is 0 Å². The lowest BCUT2D eigenvalue weighted by Gasteiger charge is -2.33. The minimum absolute atomic E-state index is 0.233. The molecule has 0 spiro atoms. The summed E-state index contributed by atoms with van der Waals surface area (Å²) in [6, 6.07) is 2.41. The Kier molecular flexibility index (Phi) is 4.41. The van der Waals surface area contributed by atoms with Gasteiger partial charge in [0.25, 0.3) is 0 Å². The Hall–Kier alpha value is -2.16. The highest BCUT2D eigenvalue weighted by Crippen LogP contribution is 2.32. The fraction of sp³-hybridized carbons (Fsp3) is 0.600. The van der Waals surface area contributed by atoms with Crippen molar-refractivity contribution in [2.45, 2.75) is 39.7 Å². The van der Waals surface area contributed by atoms with E-state index in [4.69, 9.17) is 10.5 Å². The third kappa shape index (κ3) is 2.68. The zero-order chi connectivity index (χ0) is 15.6. The minimum atomic E-state index is -0.248. The number of nitriles is 1. The summed E-state index contributed by atoms with van der Waals surface area (Å²) in [5, 5.41) is 9.20. The van der Waals surface area contributed by atoms with Gasteiger partial charge in [0.1, 0.15) is 11.9 Å². The smallest absolute Gasteiger partial charge is 0.409 e. The topological polar surface area (TPSA) is 84.3 Å². The third-order valence-electron chi connectivity index (χ3n) is 4.26. The van der Waals surface area contributed by atoms with Gasteiger partial charge in [-0.15, -0.1) is 0 Å². The molecule has 2 N–H and O–H groups in total. The number of rotatable bonds is 2. The molecule has 6 heteroatoms. The molecule has 1 fully saturated rings. The zero-order valence-corrected chi connectivity index (χ0v) is 12.8. The Bertz CT molecular complexity index is 577. The number of anilines is 1. The summed E-state index contributed by atoms with van der Waals surface area (Å²) in [5.41, 5.74) is 8.68. The highest BCUT2D eigenvalue weighted by Gasteiger charge is 2.28. The number of ether oxygens (including phenoxy) is 1. The molecule has 2 rings (SSSR count). The summed E-state index contributed by atoms with van der Waals surface area (Å²) in [6.07, 6.45) is 1.40. The van der Waals surface area contributed by atoms with E-state index in [2.05, 4.69) is 10.6 Å². The van der Waals surface area contributed by atoms with Crippen molar-refractivity contribution >= 4 is 11.9 Å². The van der Waals surface area contributed by atoms with E-state index in [-0.39, 0.29) is 12.1 Å². The minimum Gasteiger partial charge on any atom is -0.450 e. The normalized spacial score (nSPS) is 15.8. The van der Waals surface area contributed by atoms with E-state index in [0.717, 1.165) is 24.1 Å². The lowest BCUT2D eigenvalue weighted by Crippen LogP contribution is -2.39. The first-order valence-electron chi connectivity index (χ1n) is 7.29. The lowest BCUT2D eigenvalue weighted by molar-refractivity contribution is 0.0927. The molecule has 1 aliphatic rings. The van der Waals surface area contributed by atoms with Gasteiger partial charge in [0.2, 0.25) is 0 Å². The third-order valence-corrected chi connectivity index (χ3v) is 4.26. The largest absolute Gasteiger partial charge is 0.450 e. The van der Waals surface area contributed by atoms with Gasteiger partial charge in [0, 0.05) is 24.8 Å². The van der Waals surface area contributed by atoms with Crippen molar-refractivity contribution in [2.24, 2.45) is 0 Å². The van der Waals surface area contributed by atoms with Crippen LogP contribution in [0.3, 0.4) is 0 Å². The molecule has 0 radical (unpaired) electrons. The van der Waals surface area contributed by atoms with Crippen molar-refractivity contribution < 1.29 is 9.53 Å². The zero-order valence-electron chi connectivity index (χ0n) is 12.8. The molecule has 114 valence electrons. The highest BCUT2D eigenvalue weighted by atomic mass is 16.6. The number of hydrogen-bond acceptors (Lipinski definition) is 4. The van der Waals surface area contributed by atoms with Crippen molar-refractivity contribution in [3.63, 3.8) is 0 Å².